The molecule has 0 aliphatic rings. The Kier molecular flexibility index (Phi) is 12.7. The number of nitrogens with zero attached hydrogens (tertiary/aromatic N) is 1. The van der Waals surface area contributed by atoms with Crippen LogP contribution in [0.4, 0.5) is 0 Å². The Labute approximate surface area is 164 Å². The topological polar surface area (TPSA) is 3.88 Å². The second kappa shape index (κ2) is 14.2. The molecular formula is C25H46N+. The van der Waals surface area contributed by atoms with Gasteiger partial charge in [-0.2, -0.15) is 0 Å². The smallest absolute Gasteiger partial charge is 0.172 e. The molecule has 0 spiro atoms. The number of hydrogen-bond donors (Lipinski definition) is 0. The van der Waals surface area contributed by atoms with Crippen LogP contribution in [0.2, 0.25) is 0 Å². The van der Waals surface area contributed by atoms with Crippen LogP contribution < -0.4 is 4.57 Å². The van der Waals surface area contributed by atoms with Gasteiger partial charge in [-0.05, 0) is 30.2 Å². The van der Waals surface area contributed by atoms with Crippen LogP contribution in [0, 0.1) is 11.8 Å². The Balaban J connectivity index is 2.21. The molecule has 1 heteroatoms. The third kappa shape index (κ3) is 10.3. The van der Waals surface area contributed by atoms with Gasteiger partial charge in [-0.1, -0.05) is 92.4 Å². The van der Waals surface area contributed by atoms with Gasteiger partial charge in [-0.25, -0.2) is 4.57 Å². The monoisotopic (exact) mass is 360 g/mol. The predicted molar refractivity (Wildman–Crippen MR) is 116 cm³/mol. The summed E-state index contributed by atoms with van der Waals surface area (Å²) in [5.74, 6) is 2.35. The van der Waals surface area contributed by atoms with E-state index >= 15 is 0 Å². The van der Waals surface area contributed by atoms with Gasteiger partial charge >= 0.3 is 0 Å². The van der Waals surface area contributed by atoms with E-state index in [1.807, 2.05) is 0 Å². The zero-order chi connectivity index (χ0) is 19.2. The SMILES string of the molecule is CCCCCCCCCCC(CCC[n+]1cccc(C(C)C)c1)C(C)C. The summed E-state index contributed by atoms with van der Waals surface area (Å²) in [5.41, 5.74) is 1.45. The molecule has 1 heterocycles. The highest BCUT2D eigenvalue weighted by molar-refractivity contribution is 5.09. The molecule has 0 amide bonds. The van der Waals surface area contributed by atoms with E-state index in [2.05, 4.69) is 63.7 Å². The van der Waals surface area contributed by atoms with Crippen LogP contribution in [0.25, 0.3) is 0 Å². The molecule has 1 aromatic heterocycles. The van der Waals surface area contributed by atoms with Gasteiger partial charge in [0.05, 0.1) is 0 Å². The van der Waals surface area contributed by atoms with Crippen molar-refractivity contribution in [2.45, 2.75) is 118 Å². The molecular weight excluding hydrogens is 314 g/mol. The van der Waals surface area contributed by atoms with E-state index < -0.39 is 0 Å². The van der Waals surface area contributed by atoms with Gasteiger partial charge in [0, 0.05) is 18.1 Å². The molecule has 1 unspecified atom stereocenters. The minimum atomic E-state index is 0.618. The lowest BCUT2D eigenvalue weighted by Crippen LogP contribution is -2.33. The number of aryl methyl sites for hydroxylation is 1. The van der Waals surface area contributed by atoms with Gasteiger partial charge in [-0.3, -0.25) is 0 Å². The molecule has 26 heavy (non-hydrogen) atoms. The molecule has 0 saturated carbocycles. The highest BCUT2D eigenvalue weighted by Gasteiger charge is 2.14. The summed E-state index contributed by atoms with van der Waals surface area (Å²) in [6.07, 6.45) is 20.2. The molecule has 1 aromatic rings. The van der Waals surface area contributed by atoms with Gasteiger partial charge in [0.1, 0.15) is 6.54 Å². The zero-order valence-corrected chi connectivity index (χ0v) is 18.5. The van der Waals surface area contributed by atoms with Gasteiger partial charge in [0.2, 0.25) is 0 Å². The first kappa shape index (κ1) is 23.2. The minimum absolute atomic E-state index is 0.618. The van der Waals surface area contributed by atoms with E-state index in [9.17, 15) is 0 Å². The summed E-state index contributed by atoms with van der Waals surface area (Å²) in [7, 11) is 0. The lowest BCUT2D eigenvalue weighted by molar-refractivity contribution is -0.698. The van der Waals surface area contributed by atoms with E-state index in [1.165, 1.54) is 82.7 Å². The summed E-state index contributed by atoms with van der Waals surface area (Å²) in [4.78, 5) is 0. The molecule has 1 atom stereocenters. The minimum Gasteiger partial charge on any atom is -0.205 e. The average Bonchev–Trinajstić information content (AvgIpc) is 2.62. The van der Waals surface area contributed by atoms with Crippen molar-refractivity contribution in [1.82, 2.24) is 0 Å². The lowest BCUT2D eigenvalue weighted by Gasteiger charge is -2.20. The Bertz CT molecular complexity index is 449. The third-order valence-electron chi connectivity index (χ3n) is 5.91. The van der Waals surface area contributed by atoms with E-state index in [-0.39, 0.29) is 0 Å². The number of rotatable bonds is 15. The molecule has 0 aromatic carbocycles. The number of unbranched alkanes of at least 4 members (excludes halogenated alkanes) is 7. The van der Waals surface area contributed by atoms with Crippen molar-refractivity contribution in [3.63, 3.8) is 0 Å². The fraction of sp³-hybridized carbons (Fsp3) is 0.800. The quantitative estimate of drug-likeness (QED) is 0.223. The van der Waals surface area contributed by atoms with Crippen molar-refractivity contribution in [3.8, 4) is 0 Å². The van der Waals surface area contributed by atoms with Crippen LogP contribution in [-0.4, -0.2) is 0 Å². The average molecular weight is 361 g/mol. The van der Waals surface area contributed by atoms with Crippen molar-refractivity contribution in [2.24, 2.45) is 11.8 Å². The summed E-state index contributed by atoms with van der Waals surface area (Å²) >= 11 is 0. The van der Waals surface area contributed by atoms with Gasteiger partial charge in [0.25, 0.3) is 0 Å². The lowest BCUT2D eigenvalue weighted by atomic mass is 9.86. The Morgan fingerprint density at radius 1 is 0.808 bits per heavy atom. The van der Waals surface area contributed by atoms with E-state index in [0.29, 0.717) is 5.92 Å². The second-order valence-electron chi connectivity index (χ2n) is 8.94. The Morgan fingerprint density at radius 3 is 2.04 bits per heavy atom. The summed E-state index contributed by atoms with van der Waals surface area (Å²) in [6.45, 7) is 12.9. The fourth-order valence-electron chi connectivity index (χ4n) is 3.91. The maximum Gasteiger partial charge on any atom is 0.172 e. The molecule has 0 bridgehead atoms. The zero-order valence-electron chi connectivity index (χ0n) is 18.5. The predicted octanol–water partition coefficient (Wildman–Crippen LogP) is 7.68. The van der Waals surface area contributed by atoms with Crippen molar-refractivity contribution in [1.29, 1.82) is 0 Å². The van der Waals surface area contributed by atoms with Crippen LogP contribution in [0.3, 0.4) is 0 Å². The standard InChI is InChI=1S/C25H46N/c1-6-7-8-9-10-11-12-13-16-24(22(2)3)17-14-19-26-20-15-18-25(21-26)23(4)5/h15,18,20-24H,6-14,16-17,19H2,1-5H3/q+1. The van der Waals surface area contributed by atoms with Crippen molar-refractivity contribution >= 4 is 0 Å². The Hall–Kier alpha value is -0.850. The largest absolute Gasteiger partial charge is 0.205 e. The molecule has 1 nitrogen and oxygen atoms in total. The maximum atomic E-state index is 2.42. The molecule has 0 N–H and O–H groups in total. The highest BCUT2D eigenvalue weighted by atomic mass is 14.9. The van der Waals surface area contributed by atoms with Crippen LogP contribution in [-0.2, 0) is 6.54 Å². The van der Waals surface area contributed by atoms with Crippen LogP contribution >= 0.6 is 0 Å². The normalized spacial score (nSPS) is 12.9. The molecule has 0 saturated heterocycles. The van der Waals surface area contributed by atoms with Crippen molar-refractivity contribution < 1.29 is 4.57 Å². The van der Waals surface area contributed by atoms with Crippen LogP contribution in [0.5, 0.6) is 0 Å². The first-order chi connectivity index (χ1) is 12.5. The van der Waals surface area contributed by atoms with E-state index in [4.69, 9.17) is 0 Å². The molecule has 0 aliphatic carbocycles. The third-order valence-corrected chi connectivity index (χ3v) is 5.91. The van der Waals surface area contributed by atoms with E-state index in [1.54, 1.807) is 0 Å². The fourth-order valence-corrected chi connectivity index (χ4v) is 3.91. The van der Waals surface area contributed by atoms with Gasteiger partial charge in [0.15, 0.2) is 12.4 Å². The van der Waals surface area contributed by atoms with Crippen molar-refractivity contribution in [3.05, 3.63) is 30.1 Å². The molecule has 150 valence electrons. The van der Waals surface area contributed by atoms with Gasteiger partial charge < -0.3 is 0 Å². The van der Waals surface area contributed by atoms with Crippen LogP contribution in [0.15, 0.2) is 24.5 Å². The number of hydrogen-bond acceptors (Lipinski definition) is 0. The highest BCUT2D eigenvalue weighted by Crippen LogP contribution is 2.24. The van der Waals surface area contributed by atoms with Gasteiger partial charge in [-0.15, -0.1) is 0 Å². The molecule has 0 radical (unpaired) electrons. The Morgan fingerprint density at radius 2 is 1.42 bits per heavy atom. The van der Waals surface area contributed by atoms with Crippen molar-refractivity contribution in [2.75, 3.05) is 0 Å². The molecule has 0 fully saturated rings. The second-order valence-corrected chi connectivity index (χ2v) is 8.94. The maximum absolute atomic E-state index is 2.42. The van der Waals surface area contributed by atoms with Crippen LogP contribution in [0.1, 0.15) is 117 Å². The molecule has 0 aliphatic heterocycles. The van der Waals surface area contributed by atoms with E-state index in [0.717, 1.165) is 11.8 Å². The summed E-state index contributed by atoms with van der Waals surface area (Å²) < 4.78 is 2.39. The first-order valence-corrected chi connectivity index (χ1v) is 11.5. The summed E-state index contributed by atoms with van der Waals surface area (Å²) in [5, 5.41) is 0. The molecule has 1 rings (SSSR count). The summed E-state index contributed by atoms with van der Waals surface area (Å²) in [6, 6.07) is 4.45. The number of pyridine rings is 1. The first-order valence-electron chi connectivity index (χ1n) is 11.5. The number of aromatic nitrogens is 1.